The highest BCUT2D eigenvalue weighted by Gasteiger charge is 2.37. The molecule has 0 bridgehead atoms. The van der Waals surface area contributed by atoms with Gasteiger partial charge in [-0.1, -0.05) is 26.0 Å². The van der Waals surface area contributed by atoms with E-state index in [1.165, 1.54) is 0 Å². The molecule has 1 atom stereocenters. The van der Waals surface area contributed by atoms with Gasteiger partial charge >= 0.3 is 0 Å². The Labute approximate surface area is 165 Å². The van der Waals surface area contributed by atoms with Crippen LogP contribution in [0.5, 0.6) is 0 Å². The van der Waals surface area contributed by atoms with Gasteiger partial charge in [0.25, 0.3) is 0 Å². The Bertz CT molecular complexity index is 890. The molecule has 1 amide bonds. The van der Waals surface area contributed by atoms with Gasteiger partial charge in [0.1, 0.15) is 5.82 Å². The minimum atomic E-state index is -0.221. The zero-order valence-corrected chi connectivity index (χ0v) is 16.5. The van der Waals surface area contributed by atoms with Crippen LogP contribution >= 0.6 is 0 Å². The molecule has 28 heavy (non-hydrogen) atoms. The summed E-state index contributed by atoms with van der Waals surface area (Å²) in [7, 11) is 0. The summed E-state index contributed by atoms with van der Waals surface area (Å²) in [5.41, 5.74) is 1.69. The molecule has 3 heterocycles. The fourth-order valence-electron chi connectivity index (χ4n) is 4.12. The number of amides is 1. The van der Waals surface area contributed by atoms with Crippen molar-refractivity contribution in [2.45, 2.75) is 44.7 Å². The molecule has 2 N–H and O–H groups in total. The predicted molar refractivity (Wildman–Crippen MR) is 109 cm³/mol. The van der Waals surface area contributed by atoms with E-state index in [4.69, 9.17) is 9.72 Å². The second-order valence-corrected chi connectivity index (χ2v) is 8.03. The first-order chi connectivity index (χ1) is 13.6. The number of H-pyrrole nitrogens is 1. The molecule has 1 unspecified atom stereocenters. The Hall–Kier alpha value is -2.60. The van der Waals surface area contributed by atoms with Crippen LogP contribution in [0.15, 0.2) is 48.8 Å². The quantitative estimate of drug-likeness (QED) is 0.684. The third-order valence-corrected chi connectivity index (χ3v) is 5.75. The number of benzene rings is 1. The topological polar surface area (TPSA) is 71.9 Å². The van der Waals surface area contributed by atoms with Gasteiger partial charge in [-0.25, -0.2) is 4.98 Å². The van der Waals surface area contributed by atoms with Crippen LogP contribution in [0.3, 0.4) is 0 Å². The van der Waals surface area contributed by atoms with Gasteiger partial charge in [0.05, 0.1) is 29.0 Å². The second-order valence-electron chi connectivity index (χ2n) is 8.03. The Morgan fingerprint density at radius 2 is 1.93 bits per heavy atom. The van der Waals surface area contributed by atoms with Gasteiger partial charge in [-0.15, -0.1) is 0 Å². The number of imidazole rings is 1. The number of carbonyl (C=O) groups excluding carboxylic acids is 1. The molecule has 148 valence electrons. The number of hydrogen-bond donors (Lipinski definition) is 2. The number of fused-ring (bicyclic) bond motifs is 1. The molecule has 6 nitrogen and oxygen atoms in total. The average Bonchev–Trinajstić information content (AvgIpc) is 3.36. The number of aromatic nitrogens is 3. The van der Waals surface area contributed by atoms with E-state index in [-0.39, 0.29) is 23.4 Å². The minimum Gasteiger partial charge on any atom is -0.381 e. The standard InChI is InChI=1S/C22H28N4O2/c1-16(2)20(21-23-17-7-3-4-8-18(17)24-21)25-19(27)15-22(9-13-28-14-10-22)26-11-5-6-12-26/h3-8,11-12,16,20H,9-10,13-15H2,1-2H3,(H,23,24)(H,25,27). The first kappa shape index (κ1) is 18.7. The van der Waals surface area contributed by atoms with Crippen LogP contribution in [0, 0.1) is 5.92 Å². The summed E-state index contributed by atoms with van der Waals surface area (Å²) in [4.78, 5) is 21.2. The molecule has 2 aromatic heterocycles. The van der Waals surface area contributed by atoms with Crippen molar-refractivity contribution in [2.75, 3.05) is 13.2 Å². The molecule has 0 spiro atoms. The van der Waals surface area contributed by atoms with Gasteiger partial charge in [0, 0.05) is 25.6 Å². The molecule has 1 aliphatic rings. The molecule has 1 aliphatic heterocycles. The van der Waals surface area contributed by atoms with Crippen molar-refractivity contribution in [1.82, 2.24) is 19.9 Å². The molecule has 0 radical (unpaired) electrons. The van der Waals surface area contributed by atoms with Gasteiger partial charge in [0.2, 0.25) is 5.91 Å². The van der Waals surface area contributed by atoms with E-state index in [0.29, 0.717) is 19.6 Å². The van der Waals surface area contributed by atoms with Crippen LogP contribution < -0.4 is 5.32 Å². The monoisotopic (exact) mass is 380 g/mol. The summed E-state index contributed by atoms with van der Waals surface area (Å²) in [6, 6.07) is 11.8. The lowest BCUT2D eigenvalue weighted by Gasteiger charge is -2.38. The number of nitrogens with one attached hydrogen (secondary N) is 2. The summed E-state index contributed by atoms with van der Waals surface area (Å²) in [6.45, 7) is 5.58. The van der Waals surface area contributed by atoms with Crippen molar-refractivity contribution in [3.8, 4) is 0 Å². The van der Waals surface area contributed by atoms with E-state index >= 15 is 0 Å². The van der Waals surface area contributed by atoms with Crippen LogP contribution in [-0.4, -0.2) is 33.7 Å². The molecule has 0 aliphatic carbocycles. The molecular formula is C22H28N4O2. The maximum atomic E-state index is 13.1. The maximum Gasteiger partial charge on any atom is 0.222 e. The fraction of sp³-hybridized carbons (Fsp3) is 0.455. The summed E-state index contributed by atoms with van der Waals surface area (Å²) in [5.74, 6) is 1.09. The average molecular weight is 380 g/mol. The number of aromatic amines is 1. The molecule has 1 aromatic carbocycles. The number of ether oxygens (including phenoxy) is 1. The van der Waals surface area contributed by atoms with Crippen LogP contribution in [0.4, 0.5) is 0 Å². The number of carbonyl (C=O) groups is 1. The van der Waals surface area contributed by atoms with Crippen molar-refractivity contribution in [3.63, 3.8) is 0 Å². The Balaban J connectivity index is 1.54. The Kier molecular flexibility index (Phi) is 5.22. The third-order valence-electron chi connectivity index (χ3n) is 5.75. The summed E-state index contributed by atoms with van der Waals surface area (Å²) < 4.78 is 7.75. The highest BCUT2D eigenvalue weighted by Crippen LogP contribution is 2.33. The Morgan fingerprint density at radius 3 is 2.61 bits per heavy atom. The zero-order valence-electron chi connectivity index (χ0n) is 16.5. The van der Waals surface area contributed by atoms with E-state index < -0.39 is 0 Å². The molecular weight excluding hydrogens is 352 g/mol. The number of rotatable bonds is 6. The second kappa shape index (κ2) is 7.80. The van der Waals surface area contributed by atoms with Gasteiger partial charge in [0.15, 0.2) is 0 Å². The van der Waals surface area contributed by atoms with E-state index in [1.807, 2.05) is 36.4 Å². The van der Waals surface area contributed by atoms with Gasteiger partial charge < -0.3 is 19.6 Å². The zero-order chi connectivity index (χ0) is 19.6. The van der Waals surface area contributed by atoms with Gasteiger partial charge in [-0.3, -0.25) is 4.79 Å². The summed E-state index contributed by atoms with van der Waals surface area (Å²) in [6.07, 6.45) is 6.22. The molecule has 1 fully saturated rings. The lowest BCUT2D eigenvalue weighted by molar-refractivity contribution is -0.125. The van der Waals surface area contributed by atoms with Crippen LogP contribution in [0.1, 0.15) is 45.0 Å². The number of hydrogen-bond acceptors (Lipinski definition) is 3. The lowest BCUT2D eigenvalue weighted by Crippen LogP contribution is -2.44. The lowest BCUT2D eigenvalue weighted by atomic mass is 9.85. The van der Waals surface area contributed by atoms with Crippen molar-refractivity contribution in [1.29, 1.82) is 0 Å². The normalized spacial score (nSPS) is 17.7. The predicted octanol–water partition coefficient (Wildman–Crippen LogP) is 3.77. The van der Waals surface area contributed by atoms with Crippen LogP contribution in [-0.2, 0) is 15.1 Å². The number of nitrogens with zero attached hydrogens (tertiary/aromatic N) is 2. The molecule has 6 heteroatoms. The fourth-order valence-corrected chi connectivity index (χ4v) is 4.12. The van der Waals surface area contributed by atoms with Crippen LogP contribution in [0.25, 0.3) is 11.0 Å². The van der Waals surface area contributed by atoms with Crippen molar-refractivity contribution >= 4 is 16.9 Å². The van der Waals surface area contributed by atoms with Crippen molar-refractivity contribution in [3.05, 3.63) is 54.6 Å². The van der Waals surface area contributed by atoms with E-state index in [1.54, 1.807) is 0 Å². The SMILES string of the molecule is CC(C)C(NC(=O)CC1(n2cccc2)CCOCC1)c1nc2ccccc2[nH]1. The molecule has 1 saturated heterocycles. The Morgan fingerprint density at radius 1 is 1.21 bits per heavy atom. The highest BCUT2D eigenvalue weighted by atomic mass is 16.5. The largest absolute Gasteiger partial charge is 0.381 e. The van der Waals surface area contributed by atoms with E-state index in [0.717, 1.165) is 29.7 Å². The number of para-hydroxylation sites is 2. The van der Waals surface area contributed by atoms with Crippen molar-refractivity contribution < 1.29 is 9.53 Å². The maximum absolute atomic E-state index is 13.1. The first-order valence-corrected chi connectivity index (χ1v) is 10.0. The van der Waals surface area contributed by atoms with E-state index in [2.05, 4.69) is 41.1 Å². The van der Waals surface area contributed by atoms with Crippen LogP contribution in [0.2, 0.25) is 0 Å². The minimum absolute atomic E-state index is 0.0507. The molecule has 3 aromatic rings. The smallest absolute Gasteiger partial charge is 0.222 e. The first-order valence-electron chi connectivity index (χ1n) is 10.0. The highest BCUT2D eigenvalue weighted by molar-refractivity contribution is 5.78. The molecule has 0 saturated carbocycles. The molecule has 4 rings (SSSR count). The van der Waals surface area contributed by atoms with Crippen molar-refractivity contribution in [2.24, 2.45) is 5.92 Å². The van der Waals surface area contributed by atoms with E-state index in [9.17, 15) is 4.79 Å². The third kappa shape index (κ3) is 3.69. The summed E-state index contributed by atoms with van der Waals surface area (Å²) in [5, 5.41) is 3.24. The summed E-state index contributed by atoms with van der Waals surface area (Å²) >= 11 is 0. The van der Waals surface area contributed by atoms with Gasteiger partial charge in [-0.05, 0) is 43.0 Å². The van der Waals surface area contributed by atoms with Gasteiger partial charge in [-0.2, -0.15) is 0 Å².